The van der Waals surface area contributed by atoms with Crippen LogP contribution in [0.4, 0.5) is 0 Å². The van der Waals surface area contributed by atoms with Gasteiger partial charge in [0.05, 0.1) is 18.6 Å². The lowest BCUT2D eigenvalue weighted by Gasteiger charge is -2.40. The molecule has 0 heterocycles. The second-order valence-corrected chi connectivity index (χ2v) is 9.55. The fraction of sp³-hybridized carbons (Fsp3) is 0.941. The van der Waals surface area contributed by atoms with Crippen LogP contribution >= 0.6 is 0 Å². The van der Waals surface area contributed by atoms with Crippen LogP contribution in [0.1, 0.15) is 66.7 Å². The van der Waals surface area contributed by atoms with Crippen molar-refractivity contribution in [2.75, 3.05) is 13.7 Å². The minimum atomic E-state index is -0.993. The van der Waals surface area contributed by atoms with Crippen LogP contribution in [0, 0.1) is 11.8 Å². The molecule has 1 aliphatic carbocycles. The zero-order chi connectivity index (χ0) is 16.9. The molecule has 1 aliphatic rings. The van der Waals surface area contributed by atoms with Crippen molar-refractivity contribution in [3.8, 4) is 0 Å². The van der Waals surface area contributed by atoms with Crippen molar-refractivity contribution < 1.29 is 14.1 Å². The Morgan fingerprint density at radius 1 is 1.27 bits per heavy atom. The number of nitrogens with zero attached hydrogens (tertiary/aromatic N) is 1. The van der Waals surface area contributed by atoms with E-state index in [1.54, 1.807) is 0 Å². The normalized spacial score (nSPS) is 25.8. The highest BCUT2D eigenvalue weighted by molar-refractivity contribution is 7.90. The minimum Gasteiger partial charge on any atom is -0.598 e. The molecule has 0 amide bonds. The van der Waals surface area contributed by atoms with Crippen molar-refractivity contribution in [3.63, 3.8) is 0 Å². The van der Waals surface area contributed by atoms with Gasteiger partial charge in [-0.25, -0.2) is 0 Å². The first-order valence-corrected chi connectivity index (χ1v) is 9.64. The number of carbonyl (C=O) groups excluding carboxylic acids is 1. The first-order valence-electron chi connectivity index (χ1n) is 8.53. The van der Waals surface area contributed by atoms with Crippen molar-refractivity contribution >= 4 is 17.3 Å². The second-order valence-electron chi connectivity index (χ2n) is 7.25. The van der Waals surface area contributed by atoms with Gasteiger partial charge in [0.25, 0.3) is 0 Å². The average molecular weight is 332 g/mol. The highest BCUT2D eigenvalue weighted by Crippen LogP contribution is 2.36. The van der Waals surface area contributed by atoms with Gasteiger partial charge in [-0.2, -0.15) is 0 Å². The maximum Gasteiger partial charge on any atom is 0.308 e. The van der Waals surface area contributed by atoms with E-state index in [1.807, 2.05) is 34.7 Å². The molecule has 5 heteroatoms. The number of hydrogen-bond donors (Lipinski definition) is 0. The van der Waals surface area contributed by atoms with E-state index in [-0.39, 0.29) is 16.6 Å². The maximum atomic E-state index is 12.6. The van der Waals surface area contributed by atoms with E-state index < -0.39 is 11.4 Å². The third-order valence-electron chi connectivity index (χ3n) is 4.61. The van der Waals surface area contributed by atoms with Crippen LogP contribution in [-0.4, -0.2) is 39.3 Å². The third-order valence-corrected chi connectivity index (χ3v) is 6.45. The summed E-state index contributed by atoms with van der Waals surface area (Å²) in [5, 5.41) is 0. The molecule has 0 radical (unpaired) electrons. The molecule has 0 spiro atoms. The lowest BCUT2D eigenvalue weighted by atomic mass is 9.78. The topological polar surface area (TPSA) is 52.6 Å². The summed E-state index contributed by atoms with van der Waals surface area (Å²) in [5.74, 6) is 0.541. The van der Waals surface area contributed by atoms with Gasteiger partial charge in [0.2, 0.25) is 0 Å². The molecular formula is C17H33NO3S. The molecule has 2 atom stereocenters. The Morgan fingerprint density at radius 2 is 1.82 bits per heavy atom. The molecule has 1 unspecified atom stereocenters. The van der Waals surface area contributed by atoms with Gasteiger partial charge >= 0.3 is 5.97 Å². The Labute approximate surface area is 139 Å². The molecule has 0 aliphatic heterocycles. The summed E-state index contributed by atoms with van der Waals surface area (Å²) in [4.78, 5) is 11.8. The molecule has 0 aromatic carbocycles. The summed E-state index contributed by atoms with van der Waals surface area (Å²) in [5.41, 5.74) is 0. The highest BCUT2D eigenvalue weighted by Gasteiger charge is 2.39. The predicted molar refractivity (Wildman–Crippen MR) is 91.8 cm³/mol. The van der Waals surface area contributed by atoms with Gasteiger partial charge in [-0.3, -0.25) is 4.79 Å². The molecule has 130 valence electrons. The second kappa shape index (κ2) is 8.55. The van der Waals surface area contributed by atoms with Gasteiger partial charge in [-0.1, -0.05) is 6.92 Å². The molecule has 0 bridgehead atoms. The molecule has 0 N–H and O–H groups in total. The van der Waals surface area contributed by atoms with E-state index in [4.69, 9.17) is 4.74 Å². The minimum absolute atomic E-state index is 0.0411. The van der Waals surface area contributed by atoms with Crippen molar-refractivity contribution in [1.29, 1.82) is 0 Å². The Balaban J connectivity index is 2.61. The van der Waals surface area contributed by atoms with Gasteiger partial charge in [0.1, 0.15) is 4.75 Å². The smallest absolute Gasteiger partial charge is 0.308 e. The van der Waals surface area contributed by atoms with Crippen LogP contribution in [0.25, 0.3) is 0 Å². The fourth-order valence-corrected chi connectivity index (χ4v) is 4.87. The Morgan fingerprint density at radius 3 is 2.23 bits per heavy atom. The van der Waals surface area contributed by atoms with Gasteiger partial charge in [-0.05, 0) is 65.7 Å². The molecule has 22 heavy (non-hydrogen) atoms. The predicted octanol–water partition coefficient (Wildman–Crippen LogP) is 3.53. The summed E-state index contributed by atoms with van der Waals surface area (Å²) < 4.78 is 19.6. The molecule has 4 nitrogen and oxygen atoms in total. The van der Waals surface area contributed by atoms with E-state index in [0.29, 0.717) is 18.6 Å². The standard InChI is InChI=1S/C17H33NO3S/c1-7-15(18(6)22(20)17(3,4)5)13-9-11-14(12-10-13)16(19)21-8-2/h13-15H,7-12H2,1-6H3/t13?,14?,15-,22?/m1/s1. The largest absolute Gasteiger partial charge is 0.598 e. The molecule has 0 saturated heterocycles. The lowest BCUT2D eigenvalue weighted by molar-refractivity contribution is -0.149. The van der Waals surface area contributed by atoms with Crippen LogP contribution in [0.5, 0.6) is 0 Å². The zero-order valence-corrected chi connectivity index (χ0v) is 15.9. The Hall–Kier alpha value is -0.260. The molecule has 1 saturated carbocycles. The van der Waals surface area contributed by atoms with Gasteiger partial charge < -0.3 is 9.29 Å². The average Bonchev–Trinajstić information content (AvgIpc) is 2.47. The number of ether oxygens (including phenoxy) is 1. The summed E-state index contributed by atoms with van der Waals surface area (Å²) in [6.45, 7) is 10.5. The van der Waals surface area contributed by atoms with E-state index in [2.05, 4.69) is 11.2 Å². The summed E-state index contributed by atoms with van der Waals surface area (Å²) in [7, 11) is 1.98. The Bertz CT molecular complexity index is 348. The van der Waals surface area contributed by atoms with E-state index in [1.165, 1.54) is 0 Å². The van der Waals surface area contributed by atoms with Crippen LogP contribution in [0.2, 0.25) is 0 Å². The van der Waals surface area contributed by atoms with E-state index in [0.717, 1.165) is 32.1 Å². The number of carbonyl (C=O) groups is 1. The summed E-state index contributed by atoms with van der Waals surface area (Å²) in [6, 6.07) is 0.322. The van der Waals surface area contributed by atoms with Gasteiger partial charge in [0, 0.05) is 18.4 Å². The van der Waals surface area contributed by atoms with Crippen LogP contribution < -0.4 is 0 Å². The molecular weight excluding hydrogens is 298 g/mol. The van der Waals surface area contributed by atoms with E-state index >= 15 is 0 Å². The van der Waals surface area contributed by atoms with Crippen molar-refractivity contribution in [2.45, 2.75) is 77.5 Å². The first-order chi connectivity index (χ1) is 10.2. The SMILES string of the molecule is CCOC(=O)C1CCC([C@@H](CC)N(C)[S+]([O-])C(C)(C)C)CC1. The Kier molecular flexibility index (Phi) is 7.69. The van der Waals surface area contributed by atoms with Crippen molar-refractivity contribution in [2.24, 2.45) is 11.8 Å². The number of hydrogen-bond acceptors (Lipinski definition) is 4. The van der Waals surface area contributed by atoms with E-state index in [9.17, 15) is 9.35 Å². The van der Waals surface area contributed by atoms with Crippen LogP contribution in [0.15, 0.2) is 0 Å². The van der Waals surface area contributed by atoms with Gasteiger partial charge in [0.15, 0.2) is 0 Å². The van der Waals surface area contributed by atoms with Gasteiger partial charge in [-0.15, -0.1) is 4.31 Å². The number of rotatable bonds is 6. The fourth-order valence-electron chi connectivity index (χ4n) is 3.44. The highest BCUT2D eigenvalue weighted by atomic mass is 32.2. The summed E-state index contributed by atoms with van der Waals surface area (Å²) >= 11 is -0.993. The summed E-state index contributed by atoms with van der Waals surface area (Å²) in [6.07, 6.45) is 4.83. The molecule has 1 rings (SSSR count). The molecule has 0 aromatic heterocycles. The maximum absolute atomic E-state index is 12.6. The monoisotopic (exact) mass is 331 g/mol. The molecule has 0 aromatic rings. The van der Waals surface area contributed by atoms with Crippen LogP contribution in [0.3, 0.4) is 0 Å². The van der Waals surface area contributed by atoms with Crippen LogP contribution in [-0.2, 0) is 20.9 Å². The van der Waals surface area contributed by atoms with Crippen molar-refractivity contribution in [3.05, 3.63) is 0 Å². The molecule has 1 fully saturated rings. The van der Waals surface area contributed by atoms with Crippen molar-refractivity contribution in [1.82, 2.24) is 4.31 Å². The quantitative estimate of drug-likeness (QED) is 0.552. The number of esters is 1. The lowest BCUT2D eigenvalue weighted by Crippen LogP contribution is -2.49. The third kappa shape index (κ3) is 5.14. The first kappa shape index (κ1) is 19.8. The zero-order valence-electron chi connectivity index (χ0n) is 15.1.